The van der Waals surface area contributed by atoms with Gasteiger partial charge in [0, 0.05) is 13.2 Å². The Labute approximate surface area is 75.5 Å². The minimum Gasteiger partial charge on any atom is -0.489 e. The van der Waals surface area contributed by atoms with Crippen molar-refractivity contribution in [2.45, 2.75) is 0 Å². The largest absolute Gasteiger partial charge is 0.489 e. The van der Waals surface area contributed by atoms with Gasteiger partial charge in [-0.2, -0.15) is 4.39 Å². The van der Waals surface area contributed by atoms with Gasteiger partial charge in [0.25, 0.3) is 0 Å². The van der Waals surface area contributed by atoms with Crippen LogP contribution < -0.4 is 10.5 Å². The van der Waals surface area contributed by atoms with Gasteiger partial charge in [-0.25, -0.2) is 4.98 Å². The molecule has 4 nitrogen and oxygen atoms in total. The Morgan fingerprint density at radius 1 is 1.54 bits per heavy atom. The maximum Gasteiger partial charge on any atom is 0.216 e. The molecule has 0 aliphatic carbocycles. The number of nitrogens with two attached hydrogens (primary N) is 1. The minimum atomic E-state index is -0.610. The lowest BCUT2D eigenvalue weighted by Gasteiger charge is -2.07. The summed E-state index contributed by atoms with van der Waals surface area (Å²) in [5.41, 5.74) is 5.79. The Morgan fingerprint density at radius 2 is 2.31 bits per heavy atom. The van der Waals surface area contributed by atoms with E-state index in [1.807, 2.05) is 0 Å². The lowest BCUT2D eigenvalue weighted by atomic mass is 10.4. The number of hydrogen-bond donors (Lipinski definition) is 1. The number of nitrogens with zero attached hydrogens (tertiary/aromatic N) is 1. The van der Waals surface area contributed by atoms with Crippen LogP contribution in [-0.4, -0.2) is 25.3 Å². The Balaban J connectivity index is 2.59. The lowest BCUT2D eigenvalue weighted by Crippen LogP contribution is -2.06. The second-order valence-electron chi connectivity index (χ2n) is 2.39. The molecule has 0 bridgehead atoms. The molecule has 1 rings (SSSR count). The molecule has 0 saturated carbocycles. The molecule has 0 aliphatic rings. The zero-order chi connectivity index (χ0) is 9.68. The molecular weight excluding hydrogens is 175 g/mol. The van der Waals surface area contributed by atoms with Crippen LogP contribution in [0.4, 0.5) is 10.1 Å². The Morgan fingerprint density at radius 3 is 3.00 bits per heavy atom. The van der Waals surface area contributed by atoms with Gasteiger partial charge < -0.3 is 15.2 Å². The second kappa shape index (κ2) is 4.61. The molecule has 5 heteroatoms. The summed E-state index contributed by atoms with van der Waals surface area (Å²) in [5, 5.41) is 0. The average molecular weight is 186 g/mol. The molecule has 0 aromatic carbocycles. The van der Waals surface area contributed by atoms with Crippen molar-refractivity contribution in [1.29, 1.82) is 0 Å². The van der Waals surface area contributed by atoms with E-state index in [2.05, 4.69) is 4.98 Å². The van der Waals surface area contributed by atoms with Gasteiger partial charge in [-0.3, -0.25) is 0 Å². The lowest BCUT2D eigenvalue weighted by molar-refractivity contribution is 0.146. The maximum absolute atomic E-state index is 12.6. The summed E-state index contributed by atoms with van der Waals surface area (Å²) in [4.78, 5) is 3.36. The number of nitrogen functional groups attached to an aromatic ring is 1. The molecule has 0 saturated heterocycles. The molecule has 2 N–H and O–H groups in total. The van der Waals surface area contributed by atoms with Crippen molar-refractivity contribution in [3.05, 3.63) is 18.2 Å². The molecule has 0 atom stereocenters. The Hall–Kier alpha value is -1.36. The van der Waals surface area contributed by atoms with Gasteiger partial charge in [-0.05, 0) is 0 Å². The van der Waals surface area contributed by atoms with Gasteiger partial charge in [0.05, 0.1) is 18.5 Å². The predicted molar refractivity (Wildman–Crippen MR) is 46.0 cm³/mol. The number of hydrogen-bond acceptors (Lipinski definition) is 4. The standard InChI is InChI=1S/C8H11FN2O2/c1-12-2-3-13-7-4-8(9)11-5-6(7)10/h4-5H,2-3,10H2,1H3. The fourth-order valence-electron chi connectivity index (χ4n) is 0.784. The van der Waals surface area contributed by atoms with Crippen molar-refractivity contribution >= 4 is 5.69 Å². The molecule has 0 amide bonds. The first-order valence-electron chi connectivity index (χ1n) is 3.77. The van der Waals surface area contributed by atoms with Crippen molar-refractivity contribution in [3.8, 4) is 5.75 Å². The highest BCUT2D eigenvalue weighted by Gasteiger charge is 2.02. The fourth-order valence-corrected chi connectivity index (χ4v) is 0.784. The van der Waals surface area contributed by atoms with Crippen LogP contribution in [0.2, 0.25) is 0 Å². The highest BCUT2D eigenvalue weighted by molar-refractivity contribution is 5.49. The molecule has 0 radical (unpaired) electrons. The number of anilines is 1. The first kappa shape index (κ1) is 9.73. The van der Waals surface area contributed by atoms with E-state index in [4.69, 9.17) is 15.2 Å². The van der Waals surface area contributed by atoms with Gasteiger partial charge in [-0.1, -0.05) is 0 Å². The molecule has 1 aromatic heterocycles. The molecule has 1 heterocycles. The van der Waals surface area contributed by atoms with E-state index in [0.717, 1.165) is 6.07 Å². The molecule has 0 unspecified atom stereocenters. The average Bonchev–Trinajstić information content (AvgIpc) is 2.11. The predicted octanol–water partition coefficient (Wildman–Crippen LogP) is 0.828. The molecule has 0 aliphatic heterocycles. The SMILES string of the molecule is COCCOc1cc(F)ncc1N. The molecule has 1 aromatic rings. The van der Waals surface area contributed by atoms with E-state index in [0.29, 0.717) is 24.7 Å². The van der Waals surface area contributed by atoms with Crippen LogP contribution in [-0.2, 0) is 4.74 Å². The van der Waals surface area contributed by atoms with Crippen molar-refractivity contribution in [3.63, 3.8) is 0 Å². The molecule has 0 spiro atoms. The van der Waals surface area contributed by atoms with Crippen molar-refractivity contribution in [1.82, 2.24) is 4.98 Å². The van der Waals surface area contributed by atoms with Crippen molar-refractivity contribution in [2.75, 3.05) is 26.1 Å². The van der Waals surface area contributed by atoms with E-state index in [-0.39, 0.29) is 0 Å². The van der Waals surface area contributed by atoms with Crippen molar-refractivity contribution in [2.24, 2.45) is 0 Å². The van der Waals surface area contributed by atoms with Crippen molar-refractivity contribution < 1.29 is 13.9 Å². The summed E-state index contributed by atoms with van der Waals surface area (Å²) >= 11 is 0. The van der Waals surface area contributed by atoms with Gasteiger partial charge in [0.2, 0.25) is 5.95 Å². The van der Waals surface area contributed by atoms with E-state index >= 15 is 0 Å². The molecule has 0 fully saturated rings. The smallest absolute Gasteiger partial charge is 0.216 e. The molecule has 72 valence electrons. The van der Waals surface area contributed by atoms with Crippen LogP contribution >= 0.6 is 0 Å². The summed E-state index contributed by atoms with van der Waals surface area (Å²) in [5.74, 6) is -0.314. The van der Waals surface area contributed by atoms with E-state index in [9.17, 15) is 4.39 Å². The molecular formula is C8H11FN2O2. The van der Waals surface area contributed by atoms with Crippen LogP contribution in [0.15, 0.2) is 12.3 Å². The van der Waals surface area contributed by atoms with Gasteiger partial charge in [0.1, 0.15) is 12.4 Å². The third-order valence-electron chi connectivity index (χ3n) is 1.41. The first-order chi connectivity index (χ1) is 6.24. The summed E-state index contributed by atoms with van der Waals surface area (Å²) < 4.78 is 22.5. The molecule has 13 heavy (non-hydrogen) atoms. The zero-order valence-electron chi connectivity index (χ0n) is 7.29. The number of pyridine rings is 1. The normalized spacial score (nSPS) is 10.0. The number of ether oxygens (including phenoxy) is 2. The van der Waals surface area contributed by atoms with Crippen LogP contribution in [0.1, 0.15) is 0 Å². The zero-order valence-corrected chi connectivity index (χ0v) is 7.29. The summed E-state index contributed by atoms with van der Waals surface area (Å²) in [7, 11) is 1.56. The third kappa shape index (κ3) is 2.87. The van der Waals surface area contributed by atoms with Crippen LogP contribution in [0.25, 0.3) is 0 Å². The maximum atomic E-state index is 12.6. The third-order valence-corrected chi connectivity index (χ3v) is 1.41. The Bertz CT molecular complexity index is 281. The Kier molecular flexibility index (Phi) is 3.45. The first-order valence-corrected chi connectivity index (χ1v) is 3.77. The number of halogens is 1. The monoisotopic (exact) mass is 186 g/mol. The van der Waals surface area contributed by atoms with Crippen LogP contribution in [0.3, 0.4) is 0 Å². The highest BCUT2D eigenvalue weighted by Crippen LogP contribution is 2.19. The van der Waals surface area contributed by atoms with Crippen LogP contribution in [0, 0.1) is 5.95 Å². The minimum absolute atomic E-state index is 0.296. The van der Waals surface area contributed by atoms with E-state index in [1.165, 1.54) is 6.20 Å². The fraction of sp³-hybridized carbons (Fsp3) is 0.375. The van der Waals surface area contributed by atoms with E-state index in [1.54, 1.807) is 7.11 Å². The van der Waals surface area contributed by atoms with E-state index < -0.39 is 5.95 Å². The number of rotatable bonds is 4. The summed E-state index contributed by atoms with van der Waals surface area (Å²) in [6, 6.07) is 1.14. The van der Waals surface area contributed by atoms with Gasteiger partial charge in [-0.15, -0.1) is 0 Å². The number of methoxy groups -OCH3 is 1. The summed E-state index contributed by atoms with van der Waals surface area (Å²) in [6.45, 7) is 0.771. The summed E-state index contributed by atoms with van der Waals surface area (Å²) in [6.07, 6.45) is 1.22. The quantitative estimate of drug-likeness (QED) is 0.559. The highest BCUT2D eigenvalue weighted by atomic mass is 19.1. The van der Waals surface area contributed by atoms with Crippen LogP contribution in [0.5, 0.6) is 5.75 Å². The number of aromatic nitrogens is 1. The second-order valence-corrected chi connectivity index (χ2v) is 2.39. The topological polar surface area (TPSA) is 57.4 Å². The van der Waals surface area contributed by atoms with Gasteiger partial charge in [0.15, 0.2) is 0 Å². The van der Waals surface area contributed by atoms with Gasteiger partial charge >= 0.3 is 0 Å².